The predicted molar refractivity (Wildman–Crippen MR) is 54.6 cm³/mol. The lowest BCUT2D eigenvalue weighted by molar-refractivity contribution is 0.293. The molecule has 1 aliphatic heterocycles. The van der Waals surface area contributed by atoms with Crippen LogP contribution in [0, 0.1) is 0 Å². The van der Waals surface area contributed by atoms with Gasteiger partial charge in [0.05, 0.1) is 0 Å². The summed E-state index contributed by atoms with van der Waals surface area (Å²) in [6, 6.07) is 6.11. The molecule has 1 aromatic rings. The van der Waals surface area contributed by atoms with E-state index in [0.717, 1.165) is 31.2 Å². The van der Waals surface area contributed by atoms with Crippen LogP contribution in [0.4, 0.5) is 0 Å². The fourth-order valence-electron chi connectivity index (χ4n) is 1.77. The summed E-state index contributed by atoms with van der Waals surface area (Å²) < 4.78 is 0. The number of nitrogens with zero attached hydrogens (tertiary/aromatic N) is 1. The smallest absolute Gasteiger partial charge is 0.0409 e. The zero-order chi connectivity index (χ0) is 9.26. The van der Waals surface area contributed by atoms with Crippen molar-refractivity contribution in [3.63, 3.8) is 0 Å². The maximum absolute atomic E-state index is 5.90. The van der Waals surface area contributed by atoms with Crippen LogP contribution >= 0.6 is 11.6 Å². The molecule has 0 aromatic heterocycles. The number of hydrogen-bond acceptors (Lipinski definition) is 2. The van der Waals surface area contributed by atoms with E-state index in [-0.39, 0.29) is 0 Å². The Balaban J connectivity index is 2.16. The van der Waals surface area contributed by atoms with E-state index in [1.165, 1.54) is 11.1 Å². The van der Waals surface area contributed by atoms with Crippen molar-refractivity contribution in [1.29, 1.82) is 0 Å². The highest BCUT2D eigenvalue weighted by Gasteiger charge is 2.17. The number of benzene rings is 1. The van der Waals surface area contributed by atoms with Crippen molar-refractivity contribution in [1.82, 2.24) is 4.90 Å². The second kappa shape index (κ2) is 3.66. The summed E-state index contributed by atoms with van der Waals surface area (Å²) in [4.78, 5) is 2.33. The van der Waals surface area contributed by atoms with Gasteiger partial charge in [-0.05, 0) is 23.3 Å². The molecule has 0 fully saturated rings. The largest absolute Gasteiger partial charge is 0.329 e. The van der Waals surface area contributed by atoms with Gasteiger partial charge in [-0.3, -0.25) is 4.90 Å². The summed E-state index contributed by atoms with van der Waals surface area (Å²) in [5.41, 5.74) is 8.24. The van der Waals surface area contributed by atoms with Crippen LogP contribution in [0.1, 0.15) is 11.1 Å². The van der Waals surface area contributed by atoms with E-state index < -0.39 is 0 Å². The lowest BCUT2D eigenvalue weighted by Gasteiger charge is -2.11. The van der Waals surface area contributed by atoms with Crippen LogP contribution in [0.5, 0.6) is 0 Å². The first-order valence-electron chi connectivity index (χ1n) is 4.49. The predicted octanol–water partition coefficient (Wildman–Crippen LogP) is 1.61. The Hall–Kier alpha value is -0.570. The minimum atomic E-state index is 0.724. The average molecular weight is 197 g/mol. The van der Waals surface area contributed by atoms with E-state index in [9.17, 15) is 0 Å². The molecule has 0 aliphatic carbocycles. The van der Waals surface area contributed by atoms with Gasteiger partial charge in [-0.2, -0.15) is 0 Å². The highest BCUT2D eigenvalue weighted by Crippen LogP contribution is 2.24. The van der Waals surface area contributed by atoms with E-state index in [0.29, 0.717) is 0 Å². The zero-order valence-corrected chi connectivity index (χ0v) is 8.22. The van der Waals surface area contributed by atoms with Gasteiger partial charge >= 0.3 is 0 Å². The third kappa shape index (κ3) is 1.85. The molecule has 2 rings (SSSR count). The minimum Gasteiger partial charge on any atom is -0.329 e. The van der Waals surface area contributed by atoms with Crippen LogP contribution in [0.15, 0.2) is 18.2 Å². The van der Waals surface area contributed by atoms with Crippen molar-refractivity contribution in [3.8, 4) is 0 Å². The van der Waals surface area contributed by atoms with Crippen LogP contribution < -0.4 is 5.73 Å². The molecule has 0 spiro atoms. The van der Waals surface area contributed by atoms with Crippen molar-refractivity contribution in [2.45, 2.75) is 13.1 Å². The summed E-state index contributed by atoms with van der Waals surface area (Å²) in [5, 5.41) is 0.827. The van der Waals surface area contributed by atoms with Gasteiger partial charge < -0.3 is 5.73 Å². The molecule has 0 radical (unpaired) electrons. The molecule has 2 nitrogen and oxygen atoms in total. The lowest BCUT2D eigenvalue weighted by atomic mass is 10.1. The minimum absolute atomic E-state index is 0.724. The van der Waals surface area contributed by atoms with Gasteiger partial charge in [0.2, 0.25) is 0 Å². The van der Waals surface area contributed by atoms with Crippen LogP contribution in [0.25, 0.3) is 0 Å². The Kier molecular flexibility index (Phi) is 2.54. The van der Waals surface area contributed by atoms with Crippen molar-refractivity contribution < 1.29 is 0 Å². The quantitative estimate of drug-likeness (QED) is 0.779. The Morgan fingerprint density at radius 1 is 1.31 bits per heavy atom. The standard InChI is InChI=1S/C10H13ClN2/c11-10-2-1-8-6-13(4-3-12)7-9(8)5-10/h1-2,5H,3-4,6-7,12H2. The number of nitrogens with two attached hydrogens (primary N) is 1. The molecule has 0 saturated carbocycles. The third-order valence-electron chi connectivity index (χ3n) is 2.40. The molecule has 1 heterocycles. The normalized spacial score (nSPS) is 16.2. The summed E-state index contributed by atoms with van der Waals surface area (Å²) in [7, 11) is 0. The lowest BCUT2D eigenvalue weighted by Crippen LogP contribution is -2.23. The first-order valence-corrected chi connectivity index (χ1v) is 4.87. The Bertz CT molecular complexity index is 312. The van der Waals surface area contributed by atoms with Gasteiger partial charge in [0, 0.05) is 31.2 Å². The molecule has 0 amide bonds. The molecule has 13 heavy (non-hydrogen) atoms. The van der Waals surface area contributed by atoms with Gasteiger partial charge in [-0.15, -0.1) is 0 Å². The maximum Gasteiger partial charge on any atom is 0.0409 e. The van der Waals surface area contributed by atoms with Crippen LogP contribution in [0.3, 0.4) is 0 Å². The summed E-state index contributed by atoms with van der Waals surface area (Å²) in [6.45, 7) is 3.70. The second-order valence-corrected chi connectivity index (χ2v) is 3.85. The van der Waals surface area contributed by atoms with Crippen LogP contribution in [0.2, 0.25) is 5.02 Å². The van der Waals surface area contributed by atoms with Gasteiger partial charge in [0.15, 0.2) is 0 Å². The van der Waals surface area contributed by atoms with E-state index in [4.69, 9.17) is 17.3 Å². The Morgan fingerprint density at radius 2 is 2.08 bits per heavy atom. The van der Waals surface area contributed by atoms with Gasteiger partial charge in [0.25, 0.3) is 0 Å². The Labute approximate surface area is 83.3 Å². The van der Waals surface area contributed by atoms with Crippen molar-refractivity contribution in [2.75, 3.05) is 13.1 Å². The number of rotatable bonds is 2. The van der Waals surface area contributed by atoms with Gasteiger partial charge in [-0.1, -0.05) is 17.7 Å². The van der Waals surface area contributed by atoms with E-state index >= 15 is 0 Å². The average Bonchev–Trinajstić information content (AvgIpc) is 2.46. The van der Waals surface area contributed by atoms with Gasteiger partial charge in [-0.25, -0.2) is 0 Å². The second-order valence-electron chi connectivity index (χ2n) is 3.41. The topological polar surface area (TPSA) is 29.3 Å². The fourth-order valence-corrected chi connectivity index (χ4v) is 1.97. The molecule has 70 valence electrons. The number of fused-ring (bicyclic) bond motifs is 1. The fraction of sp³-hybridized carbons (Fsp3) is 0.400. The van der Waals surface area contributed by atoms with Crippen molar-refractivity contribution in [2.24, 2.45) is 5.73 Å². The molecule has 2 N–H and O–H groups in total. The molecule has 3 heteroatoms. The molecule has 0 bridgehead atoms. The van der Waals surface area contributed by atoms with E-state index in [2.05, 4.69) is 11.0 Å². The molecule has 0 atom stereocenters. The Morgan fingerprint density at radius 3 is 2.85 bits per heavy atom. The third-order valence-corrected chi connectivity index (χ3v) is 2.64. The number of hydrogen-bond donors (Lipinski definition) is 1. The maximum atomic E-state index is 5.90. The molecule has 1 aliphatic rings. The van der Waals surface area contributed by atoms with Crippen LogP contribution in [-0.2, 0) is 13.1 Å². The molecular weight excluding hydrogens is 184 g/mol. The SMILES string of the molecule is NCCN1Cc2ccc(Cl)cc2C1. The highest BCUT2D eigenvalue weighted by atomic mass is 35.5. The first kappa shape index (κ1) is 9.00. The molecular formula is C10H13ClN2. The van der Waals surface area contributed by atoms with E-state index in [1.54, 1.807) is 0 Å². The van der Waals surface area contributed by atoms with Gasteiger partial charge in [0.1, 0.15) is 0 Å². The van der Waals surface area contributed by atoms with Crippen molar-refractivity contribution >= 4 is 11.6 Å². The molecule has 0 saturated heterocycles. The highest BCUT2D eigenvalue weighted by molar-refractivity contribution is 6.30. The summed E-state index contributed by atoms with van der Waals surface area (Å²) in [5.74, 6) is 0. The summed E-state index contributed by atoms with van der Waals surface area (Å²) >= 11 is 5.90. The summed E-state index contributed by atoms with van der Waals surface area (Å²) in [6.07, 6.45) is 0. The van der Waals surface area contributed by atoms with Crippen LogP contribution in [-0.4, -0.2) is 18.0 Å². The monoisotopic (exact) mass is 196 g/mol. The van der Waals surface area contributed by atoms with E-state index in [1.807, 2.05) is 12.1 Å². The molecule has 1 aromatic carbocycles. The zero-order valence-electron chi connectivity index (χ0n) is 7.46. The number of halogens is 1. The first-order chi connectivity index (χ1) is 6.29. The van der Waals surface area contributed by atoms with Crippen molar-refractivity contribution in [3.05, 3.63) is 34.3 Å². The molecule has 0 unspecified atom stereocenters.